The van der Waals surface area contributed by atoms with Crippen molar-refractivity contribution in [1.82, 2.24) is 4.57 Å². The first-order valence-electron chi connectivity index (χ1n) is 3.94. The molecular formula is C8H5N3O4. The molecular weight excluding hydrogens is 202 g/mol. The molecule has 2 N–H and O–H groups in total. The zero-order chi connectivity index (χ0) is 11.2. The summed E-state index contributed by atoms with van der Waals surface area (Å²) >= 11 is 0. The van der Waals surface area contributed by atoms with Crippen LogP contribution in [-0.4, -0.2) is 9.49 Å². The summed E-state index contributed by atoms with van der Waals surface area (Å²) in [6.07, 6.45) is 0. The molecule has 0 aliphatic heterocycles. The molecule has 0 aliphatic carbocycles. The highest BCUT2D eigenvalue weighted by Crippen LogP contribution is 2.23. The molecule has 76 valence electrons. The van der Waals surface area contributed by atoms with Gasteiger partial charge < -0.3 is 5.73 Å². The molecule has 2 aromatic rings. The van der Waals surface area contributed by atoms with Crippen molar-refractivity contribution in [2.24, 2.45) is 0 Å². The Kier molecular flexibility index (Phi) is 1.69. The summed E-state index contributed by atoms with van der Waals surface area (Å²) < 4.78 is 0.889. The van der Waals surface area contributed by atoms with Gasteiger partial charge >= 0.3 is 11.1 Å². The number of benzene rings is 1. The average Bonchev–Trinajstić information content (AvgIpc) is 2.74. The summed E-state index contributed by atoms with van der Waals surface area (Å²) in [6, 6.07) is 3.68. The summed E-state index contributed by atoms with van der Waals surface area (Å²) in [5.41, 5.74) is 4.05. The van der Waals surface area contributed by atoms with Gasteiger partial charge in [-0.1, -0.05) is 0 Å². The highest BCUT2D eigenvalue weighted by atomic mass is 16.6. The van der Waals surface area contributed by atoms with Gasteiger partial charge in [-0.3, -0.25) is 19.7 Å². The molecule has 0 saturated heterocycles. The van der Waals surface area contributed by atoms with Crippen LogP contribution in [-0.2, 0) is 0 Å². The lowest BCUT2D eigenvalue weighted by Crippen LogP contribution is -1.98. The third kappa shape index (κ3) is 1.30. The fourth-order valence-electron chi connectivity index (χ4n) is 1.22. The van der Waals surface area contributed by atoms with Gasteiger partial charge in [0.2, 0.25) is 0 Å². The average molecular weight is 207 g/mol. The van der Waals surface area contributed by atoms with Crippen molar-refractivity contribution in [2.45, 2.75) is 0 Å². The van der Waals surface area contributed by atoms with Gasteiger partial charge in [0, 0.05) is 6.07 Å². The second-order valence-electron chi connectivity index (χ2n) is 2.95. The molecule has 7 heteroatoms. The molecule has 0 atom stereocenters. The molecule has 1 aromatic carbocycles. The second-order valence-corrected chi connectivity index (χ2v) is 2.95. The Morgan fingerprint density at radius 2 is 1.87 bits per heavy atom. The standard InChI is InChI=1S/C8H5N3O4/c9-5-3-4(10-7(12)8(10)13)1-2-6(5)11(14)15/h1-3H,9H2. The van der Waals surface area contributed by atoms with E-state index in [0.29, 0.717) is 0 Å². The smallest absolute Gasteiger partial charge is 0.324 e. The Hall–Kier alpha value is -2.44. The second kappa shape index (κ2) is 2.77. The van der Waals surface area contributed by atoms with Crippen molar-refractivity contribution in [1.29, 1.82) is 0 Å². The van der Waals surface area contributed by atoms with Gasteiger partial charge in [-0.05, 0) is 12.1 Å². The molecule has 0 spiro atoms. The SMILES string of the molecule is Nc1cc(-n2c(=O)c2=O)ccc1[N+](=O)[O-]. The normalized spacial score (nSPS) is 10.7. The molecule has 0 bridgehead atoms. The number of nitrogens with zero attached hydrogens (tertiary/aromatic N) is 2. The number of nitro benzene ring substituents is 1. The number of aromatic nitrogens is 1. The lowest BCUT2D eigenvalue weighted by atomic mass is 10.2. The van der Waals surface area contributed by atoms with E-state index in [1.165, 1.54) is 12.1 Å². The molecule has 0 saturated carbocycles. The van der Waals surface area contributed by atoms with Crippen molar-refractivity contribution in [3.63, 3.8) is 0 Å². The minimum atomic E-state index is -0.636. The number of nitro groups is 1. The van der Waals surface area contributed by atoms with Crippen molar-refractivity contribution < 1.29 is 4.92 Å². The Labute approximate surface area is 82.2 Å². The number of rotatable bonds is 2. The van der Waals surface area contributed by atoms with Crippen molar-refractivity contribution >= 4 is 11.4 Å². The molecule has 7 nitrogen and oxygen atoms in total. The highest BCUT2D eigenvalue weighted by molar-refractivity contribution is 5.62. The predicted molar refractivity (Wildman–Crippen MR) is 51.7 cm³/mol. The van der Waals surface area contributed by atoms with E-state index in [1.807, 2.05) is 0 Å². The minimum Gasteiger partial charge on any atom is -0.393 e. The molecule has 0 aliphatic rings. The van der Waals surface area contributed by atoms with Crippen LogP contribution in [0.5, 0.6) is 0 Å². The molecule has 0 unspecified atom stereocenters. The zero-order valence-electron chi connectivity index (χ0n) is 7.34. The quantitative estimate of drug-likeness (QED) is 0.311. The maximum absolute atomic E-state index is 10.8. The Balaban J connectivity index is 2.52. The monoisotopic (exact) mass is 207 g/mol. The van der Waals surface area contributed by atoms with E-state index in [2.05, 4.69) is 0 Å². The summed E-state index contributed by atoms with van der Waals surface area (Å²) in [7, 11) is 0. The summed E-state index contributed by atoms with van der Waals surface area (Å²) in [4.78, 5) is 31.3. The number of nitrogen functional groups attached to an aromatic ring is 1. The Bertz CT molecular complexity index is 596. The Morgan fingerprint density at radius 1 is 1.27 bits per heavy atom. The molecule has 0 fully saturated rings. The van der Waals surface area contributed by atoms with Gasteiger partial charge in [0.1, 0.15) is 5.69 Å². The summed E-state index contributed by atoms with van der Waals surface area (Å²) in [6.45, 7) is 0. The van der Waals surface area contributed by atoms with Crippen molar-refractivity contribution in [3.8, 4) is 5.69 Å². The van der Waals surface area contributed by atoms with E-state index in [-0.39, 0.29) is 17.1 Å². The van der Waals surface area contributed by atoms with Gasteiger partial charge in [0.15, 0.2) is 0 Å². The molecule has 2 rings (SSSR count). The summed E-state index contributed by atoms with van der Waals surface area (Å²) in [5.74, 6) is 0. The van der Waals surface area contributed by atoms with Gasteiger partial charge in [0.05, 0.1) is 10.6 Å². The lowest BCUT2D eigenvalue weighted by Gasteiger charge is -1.98. The molecule has 1 aromatic heterocycles. The first-order valence-corrected chi connectivity index (χ1v) is 3.94. The molecule has 1 heterocycles. The van der Waals surface area contributed by atoms with Crippen LogP contribution in [0.1, 0.15) is 0 Å². The van der Waals surface area contributed by atoms with Crippen LogP contribution in [0.3, 0.4) is 0 Å². The largest absolute Gasteiger partial charge is 0.393 e. The number of hydrogen-bond donors (Lipinski definition) is 1. The van der Waals surface area contributed by atoms with E-state index in [9.17, 15) is 19.7 Å². The maximum Gasteiger partial charge on any atom is 0.324 e. The highest BCUT2D eigenvalue weighted by Gasteiger charge is 2.20. The molecule has 0 radical (unpaired) electrons. The van der Waals surface area contributed by atoms with Crippen LogP contribution >= 0.6 is 0 Å². The van der Waals surface area contributed by atoms with Crippen LogP contribution in [0.4, 0.5) is 11.4 Å². The molecule has 15 heavy (non-hydrogen) atoms. The number of anilines is 1. The van der Waals surface area contributed by atoms with E-state index in [1.54, 1.807) is 0 Å². The maximum atomic E-state index is 10.8. The van der Waals surface area contributed by atoms with Crippen molar-refractivity contribution in [2.75, 3.05) is 5.73 Å². The first kappa shape index (κ1) is 9.13. The van der Waals surface area contributed by atoms with Gasteiger partial charge in [-0.25, -0.2) is 4.57 Å². The first-order chi connectivity index (χ1) is 7.02. The van der Waals surface area contributed by atoms with E-state index in [4.69, 9.17) is 5.73 Å². The van der Waals surface area contributed by atoms with E-state index < -0.39 is 16.0 Å². The topological polar surface area (TPSA) is 108 Å². The lowest BCUT2D eigenvalue weighted by molar-refractivity contribution is -0.383. The van der Waals surface area contributed by atoms with Crippen LogP contribution in [0, 0.1) is 10.1 Å². The third-order valence-electron chi connectivity index (χ3n) is 2.01. The van der Waals surface area contributed by atoms with Gasteiger partial charge in [-0.15, -0.1) is 0 Å². The van der Waals surface area contributed by atoms with Crippen LogP contribution in [0.15, 0.2) is 27.8 Å². The third-order valence-corrected chi connectivity index (χ3v) is 2.01. The number of nitrogens with two attached hydrogens (primary N) is 1. The minimum absolute atomic E-state index is 0.0787. The zero-order valence-corrected chi connectivity index (χ0v) is 7.34. The predicted octanol–water partition coefficient (Wildman–Crippen LogP) is -0.436. The van der Waals surface area contributed by atoms with Gasteiger partial charge in [-0.2, -0.15) is 0 Å². The van der Waals surface area contributed by atoms with Crippen LogP contribution in [0.25, 0.3) is 5.69 Å². The van der Waals surface area contributed by atoms with E-state index >= 15 is 0 Å². The molecule has 0 amide bonds. The fraction of sp³-hybridized carbons (Fsp3) is 0. The summed E-state index contributed by atoms with van der Waals surface area (Å²) in [5, 5.41) is 10.4. The van der Waals surface area contributed by atoms with E-state index in [0.717, 1.165) is 10.6 Å². The fourth-order valence-corrected chi connectivity index (χ4v) is 1.22. The van der Waals surface area contributed by atoms with Crippen LogP contribution < -0.4 is 16.9 Å². The van der Waals surface area contributed by atoms with Crippen LogP contribution in [0.2, 0.25) is 0 Å². The number of hydrogen-bond acceptors (Lipinski definition) is 5. The Morgan fingerprint density at radius 3 is 2.27 bits per heavy atom. The van der Waals surface area contributed by atoms with Gasteiger partial charge in [0.25, 0.3) is 5.69 Å². The van der Waals surface area contributed by atoms with Crippen molar-refractivity contribution in [3.05, 3.63) is 49.0 Å².